The lowest BCUT2D eigenvalue weighted by atomic mass is 9.98. The molecule has 1 atom stereocenters. The van der Waals surface area contributed by atoms with Crippen molar-refractivity contribution in [3.05, 3.63) is 54.0 Å². The van der Waals surface area contributed by atoms with E-state index in [4.69, 9.17) is 0 Å². The lowest BCUT2D eigenvalue weighted by Crippen LogP contribution is -2.39. The Balaban J connectivity index is 1.50. The SMILES string of the molecule is Cc1cnn(CCC(=O)N2CCCCC2c2cc3ccccc3[nH]2)c1. The van der Waals surface area contributed by atoms with Gasteiger partial charge in [0.2, 0.25) is 5.91 Å². The van der Waals surface area contributed by atoms with Gasteiger partial charge in [-0.15, -0.1) is 0 Å². The Bertz CT molecular complexity index is 846. The van der Waals surface area contributed by atoms with Crippen LogP contribution in [-0.4, -0.2) is 32.1 Å². The van der Waals surface area contributed by atoms with E-state index in [0.29, 0.717) is 13.0 Å². The number of hydrogen-bond acceptors (Lipinski definition) is 2. The first-order valence-electron chi connectivity index (χ1n) is 9.07. The predicted molar refractivity (Wildman–Crippen MR) is 98.2 cm³/mol. The van der Waals surface area contributed by atoms with E-state index in [-0.39, 0.29) is 11.9 Å². The molecule has 4 rings (SSSR count). The third-order valence-corrected chi connectivity index (χ3v) is 5.05. The van der Waals surface area contributed by atoms with Crippen molar-refractivity contribution >= 4 is 16.8 Å². The average Bonchev–Trinajstić information content (AvgIpc) is 3.25. The third-order valence-electron chi connectivity index (χ3n) is 5.05. The molecule has 130 valence electrons. The Kier molecular flexibility index (Phi) is 4.30. The first-order chi connectivity index (χ1) is 12.2. The van der Waals surface area contributed by atoms with Crippen molar-refractivity contribution in [2.24, 2.45) is 0 Å². The fourth-order valence-corrected chi connectivity index (χ4v) is 3.77. The molecule has 0 radical (unpaired) electrons. The summed E-state index contributed by atoms with van der Waals surface area (Å²) in [5.74, 6) is 0.219. The summed E-state index contributed by atoms with van der Waals surface area (Å²) in [6, 6.07) is 10.7. The van der Waals surface area contributed by atoms with E-state index in [1.165, 1.54) is 11.8 Å². The highest BCUT2D eigenvalue weighted by Gasteiger charge is 2.28. The molecule has 1 fully saturated rings. The molecule has 1 saturated heterocycles. The van der Waals surface area contributed by atoms with Crippen LogP contribution in [0.2, 0.25) is 0 Å². The van der Waals surface area contributed by atoms with Crippen molar-refractivity contribution in [2.45, 2.75) is 45.2 Å². The van der Waals surface area contributed by atoms with Gasteiger partial charge in [0.15, 0.2) is 0 Å². The minimum absolute atomic E-state index is 0.160. The molecule has 1 unspecified atom stereocenters. The number of benzene rings is 1. The number of fused-ring (bicyclic) bond motifs is 1. The molecule has 3 heterocycles. The Morgan fingerprint density at radius 3 is 3.00 bits per heavy atom. The Morgan fingerprint density at radius 1 is 1.32 bits per heavy atom. The molecular formula is C20H24N4O. The van der Waals surface area contributed by atoms with Gasteiger partial charge in [-0.3, -0.25) is 9.48 Å². The van der Waals surface area contributed by atoms with Gasteiger partial charge < -0.3 is 9.88 Å². The van der Waals surface area contributed by atoms with Crippen LogP contribution >= 0.6 is 0 Å². The molecule has 1 aliphatic heterocycles. The number of rotatable bonds is 4. The number of aryl methyl sites for hydroxylation is 2. The van der Waals surface area contributed by atoms with Gasteiger partial charge in [0.25, 0.3) is 0 Å². The van der Waals surface area contributed by atoms with Crippen molar-refractivity contribution < 1.29 is 4.79 Å². The van der Waals surface area contributed by atoms with Crippen LogP contribution in [0.25, 0.3) is 10.9 Å². The van der Waals surface area contributed by atoms with Crippen LogP contribution in [0.15, 0.2) is 42.7 Å². The summed E-state index contributed by atoms with van der Waals surface area (Å²) in [4.78, 5) is 18.4. The van der Waals surface area contributed by atoms with Gasteiger partial charge in [-0.05, 0) is 49.3 Å². The number of likely N-dealkylation sites (tertiary alicyclic amines) is 1. The second kappa shape index (κ2) is 6.75. The topological polar surface area (TPSA) is 53.9 Å². The molecule has 0 spiro atoms. The first kappa shape index (κ1) is 15.9. The maximum absolute atomic E-state index is 12.8. The van der Waals surface area contributed by atoms with Crippen LogP contribution in [-0.2, 0) is 11.3 Å². The van der Waals surface area contributed by atoms with Crippen molar-refractivity contribution in [3.8, 4) is 0 Å². The number of para-hydroxylation sites is 1. The number of nitrogens with zero attached hydrogens (tertiary/aromatic N) is 3. The van der Waals surface area contributed by atoms with Gasteiger partial charge in [-0.25, -0.2) is 0 Å². The standard InChI is InChI=1S/C20H24N4O/c1-15-13-21-23(14-15)11-9-20(25)24-10-5-4-8-19(24)18-12-16-6-2-3-7-17(16)22-18/h2-3,6-7,12-14,19,22H,4-5,8-11H2,1H3. The fraction of sp³-hybridized carbons (Fsp3) is 0.400. The van der Waals surface area contributed by atoms with Crippen molar-refractivity contribution in [3.63, 3.8) is 0 Å². The summed E-state index contributed by atoms with van der Waals surface area (Å²) < 4.78 is 1.86. The zero-order valence-corrected chi connectivity index (χ0v) is 14.6. The summed E-state index contributed by atoms with van der Waals surface area (Å²) in [5, 5.41) is 5.49. The van der Waals surface area contributed by atoms with Crippen molar-refractivity contribution in [1.82, 2.24) is 19.7 Å². The van der Waals surface area contributed by atoms with Gasteiger partial charge in [-0.2, -0.15) is 5.10 Å². The van der Waals surface area contributed by atoms with Gasteiger partial charge in [0, 0.05) is 36.9 Å². The van der Waals surface area contributed by atoms with E-state index in [1.807, 2.05) is 30.1 Å². The van der Waals surface area contributed by atoms with Gasteiger partial charge in [0.05, 0.1) is 12.2 Å². The van der Waals surface area contributed by atoms with E-state index in [1.54, 1.807) is 0 Å². The number of carbonyl (C=O) groups excluding carboxylic acids is 1. The quantitative estimate of drug-likeness (QED) is 0.787. The minimum atomic E-state index is 0.160. The number of hydrogen-bond donors (Lipinski definition) is 1. The molecule has 5 heteroatoms. The summed E-state index contributed by atoms with van der Waals surface area (Å²) in [6.07, 6.45) is 7.60. The number of piperidine rings is 1. The molecule has 1 aliphatic rings. The Labute approximate surface area is 147 Å². The lowest BCUT2D eigenvalue weighted by Gasteiger charge is -2.35. The molecule has 0 aliphatic carbocycles. The van der Waals surface area contributed by atoms with Crippen molar-refractivity contribution in [1.29, 1.82) is 0 Å². The van der Waals surface area contributed by atoms with Gasteiger partial charge in [-0.1, -0.05) is 18.2 Å². The molecule has 1 amide bonds. The molecule has 0 bridgehead atoms. The zero-order chi connectivity index (χ0) is 17.2. The van der Waals surface area contributed by atoms with Crippen LogP contribution in [0.5, 0.6) is 0 Å². The van der Waals surface area contributed by atoms with E-state index in [9.17, 15) is 4.79 Å². The molecular weight excluding hydrogens is 312 g/mol. The Morgan fingerprint density at radius 2 is 2.20 bits per heavy atom. The summed E-state index contributed by atoms with van der Waals surface area (Å²) >= 11 is 0. The van der Waals surface area contributed by atoms with Gasteiger partial charge >= 0.3 is 0 Å². The summed E-state index contributed by atoms with van der Waals surface area (Å²) in [5.41, 5.74) is 3.42. The number of nitrogens with one attached hydrogen (secondary N) is 1. The molecule has 25 heavy (non-hydrogen) atoms. The Hall–Kier alpha value is -2.56. The van der Waals surface area contributed by atoms with Crippen molar-refractivity contribution in [2.75, 3.05) is 6.54 Å². The molecule has 5 nitrogen and oxygen atoms in total. The van der Waals surface area contributed by atoms with Crippen LogP contribution < -0.4 is 0 Å². The largest absolute Gasteiger partial charge is 0.357 e. The predicted octanol–water partition coefficient (Wildman–Crippen LogP) is 3.82. The average molecular weight is 336 g/mol. The monoisotopic (exact) mass is 336 g/mol. The highest BCUT2D eigenvalue weighted by atomic mass is 16.2. The zero-order valence-electron chi connectivity index (χ0n) is 14.6. The maximum atomic E-state index is 12.8. The number of aromatic amines is 1. The molecule has 2 aromatic heterocycles. The molecule has 1 N–H and O–H groups in total. The highest BCUT2D eigenvalue weighted by molar-refractivity contribution is 5.81. The summed E-state index contributed by atoms with van der Waals surface area (Å²) in [6.45, 7) is 3.50. The van der Waals surface area contributed by atoms with Crippen LogP contribution in [0.4, 0.5) is 0 Å². The normalized spacial score (nSPS) is 18.0. The lowest BCUT2D eigenvalue weighted by molar-refractivity contribution is -0.135. The second-order valence-corrected chi connectivity index (χ2v) is 6.94. The van der Waals surface area contributed by atoms with E-state index < -0.39 is 0 Å². The van der Waals surface area contributed by atoms with Gasteiger partial charge in [0.1, 0.15) is 0 Å². The minimum Gasteiger partial charge on any atom is -0.357 e. The third kappa shape index (κ3) is 3.31. The maximum Gasteiger partial charge on any atom is 0.224 e. The first-order valence-corrected chi connectivity index (χ1v) is 9.07. The van der Waals surface area contributed by atoms with E-state index >= 15 is 0 Å². The number of aromatic nitrogens is 3. The fourth-order valence-electron chi connectivity index (χ4n) is 3.77. The number of carbonyl (C=O) groups is 1. The highest BCUT2D eigenvalue weighted by Crippen LogP contribution is 2.32. The van der Waals surface area contributed by atoms with E-state index in [0.717, 1.165) is 36.2 Å². The molecule has 3 aromatic rings. The number of H-pyrrole nitrogens is 1. The van der Waals surface area contributed by atoms with E-state index in [2.05, 4.69) is 39.2 Å². The second-order valence-electron chi connectivity index (χ2n) is 6.94. The van der Waals surface area contributed by atoms with Crippen LogP contribution in [0, 0.1) is 6.92 Å². The smallest absolute Gasteiger partial charge is 0.224 e. The number of amides is 1. The summed E-state index contributed by atoms with van der Waals surface area (Å²) in [7, 11) is 0. The molecule has 0 saturated carbocycles. The molecule has 1 aromatic carbocycles. The van der Waals surface area contributed by atoms with Crippen LogP contribution in [0.1, 0.15) is 43.0 Å². The van der Waals surface area contributed by atoms with Crippen LogP contribution in [0.3, 0.4) is 0 Å².